The summed E-state index contributed by atoms with van der Waals surface area (Å²) in [5, 5.41) is 5.80. The number of alkyl halides is 6. The Labute approximate surface area is 436 Å². The van der Waals surface area contributed by atoms with Gasteiger partial charge in [-0.1, -0.05) is 6.07 Å². The second-order valence-electron chi connectivity index (χ2n) is 17.5. The van der Waals surface area contributed by atoms with E-state index < -0.39 is 153 Å². The van der Waals surface area contributed by atoms with Crippen molar-refractivity contribution in [2.45, 2.75) is 67.2 Å². The predicted octanol–water partition coefficient (Wildman–Crippen LogP) is 6.78. The third kappa shape index (κ3) is 10.8. The number of nitrogens with zero attached hydrogens (tertiary/aromatic N) is 1. The number of carbonyl (C=O) groups excluding carboxylic acids is 5. The normalized spacial score (nSPS) is 16.6. The Kier molecular flexibility index (Phi) is 15.1. The van der Waals surface area contributed by atoms with Gasteiger partial charge in [0.15, 0.2) is 28.7 Å². The van der Waals surface area contributed by atoms with E-state index in [0.29, 0.717) is 11.1 Å². The van der Waals surface area contributed by atoms with Crippen LogP contribution in [0, 0.1) is 23.3 Å². The van der Waals surface area contributed by atoms with Gasteiger partial charge < -0.3 is 47.3 Å². The number of fused-ring (bicyclic) bond motifs is 7. The lowest BCUT2D eigenvalue weighted by molar-refractivity contribution is -0.140. The molecule has 8 rings (SSSR count). The van der Waals surface area contributed by atoms with E-state index in [0.717, 1.165) is 18.2 Å². The molecule has 0 radical (unpaired) electrons. The van der Waals surface area contributed by atoms with Gasteiger partial charge in [-0.25, -0.2) is 18.4 Å². The molecular weight excluding hydrogens is 1130 g/mol. The highest BCUT2D eigenvalue weighted by molar-refractivity contribution is 7.88. The van der Waals surface area contributed by atoms with Crippen LogP contribution >= 0.6 is 0 Å². The van der Waals surface area contributed by atoms with Crippen molar-refractivity contribution in [3.63, 3.8) is 0 Å². The lowest BCUT2D eigenvalue weighted by Crippen LogP contribution is -2.44. The second kappa shape index (κ2) is 20.9. The molecular formula is C47H35F10N3O17S2. The average Bonchev–Trinajstić information content (AvgIpc) is 3.70. The van der Waals surface area contributed by atoms with E-state index >= 15 is 17.6 Å². The van der Waals surface area contributed by atoms with E-state index in [4.69, 9.17) is 23.4 Å². The Morgan fingerprint density at radius 2 is 1.16 bits per heavy atom. The zero-order valence-corrected chi connectivity index (χ0v) is 41.6. The molecule has 20 nitrogen and oxygen atoms in total. The van der Waals surface area contributed by atoms with Gasteiger partial charge >= 0.3 is 54.8 Å². The van der Waals surface area contributed by atoms with Crippen molar-refractivity contribution in [1.29, 1.82) is 0 Å². The van der Waals surface area contributed by atoms with Crippen LogP contribution in [0.3, 0.4) is 0 Å². The first-order chi connectivity index (χ1) is 36.9. The zero-order chi connectivity index (χ0) is 57.9. The van der Waals surface area contributed by atoms with Crippen molar-refractivity contribution in [2.75, 3.05) is 32.2 Å². The average molecular weight is 1170 g/mol. The molecule has 2 N–H and O–H groups in total. The lowest BCUT2D eigenvalue weighted by atomic mass is 9.77. The standard InChI is InChI=1S/C47H35F10N3O17S2/c1-71-33(61)11-13-60(14-12-34(62)72-2)24-9-3-20-15-26(43(65)73-32(20)17-24)42(64)59-23-7-5-22(6-8-23)58-41(63)21-4-10-27-25(16-21)44(66)75-45(27)28-18-30(48)39(76-78(67,68)46(52,53)54)35(50)37(28)74-38-29(45)19-31(49)40(36(38)51)77-79(69,70)47(55,56)57/h3-4,9-10,15-19,22-23H,5-8,11-14H2,1-2H3,(H,58,63)(H,59,64)/t22-,23-. The van der Waals surface area contributed by atoms with E-state index in [1.165, 1.54) is 26.4 Å². The van der Waals surface area contributed by atoms with E-state index in [1.807, 2.05) is 0 Å². The van der Waals surface area contributed by atoms with Crippen LogP contribution in [-0.4, -0.2) is 97.0 Å². The number of carbonyl (C=O) groups is 5. The first-order valence-electron chi connectivity index (χ1n) is 22.6. The molecule has 79 heavy (non-hydrogen) atoms. The topological polar surface area (TPSA) is 267 Å². The highest BCUT2D eigenvalue weighted by Crippen LogP contribution is 2.60. The molecule has 1 saturated carbocycles. The zero-order valence-electron chi connectivity index (χ0n) is 40.0. The van der Waals surface area contributed by atoms with Crippen LogP contribution in [-0.2, 0) is 49.6 Å². The largest absolute Gasteiger partial charge is 0.534 e. The Bertz CT molecular complexity index is 3550. The molecule has 3 heterocycles. The SMILES string of the molecule is COC(=O)CCN(CCC(=O)OC)c1ccc2cc(C(=O)N[C@H]3CC[C@H](NC(=O)c4ccc5c(c4)C(=O)OC54c5cc(F)c(OS(=O)(=O)C(F)(F)F)c(F)c5Oc5c4cc(F)c(OS(=O)(=O)C(F)(F)F)c5F)CC3)c(=O)oc2c1. The molecule has 1 fully saturated rings. The Morgan fingerprint density at radius 3 is 1.65 bits per heavy atom. The Hall–Kier alpha value is -8.16. The fourth-order valence-corrected chi connectivity index (χ4v) is 9.74. The number of ether oxygens (including phenoxy) is 4. The minimum atomic E-state index is -6.91. The quantitative estimate of drug-likeness (QED) is 0.0273. The maximum absolute atomic E-state index is 16.2. The van der Waals surface area contributed by atoms with Gasteiger partial charge in [-0.05, 0) is 68.1 Å². The fourth-order valence-electron chi connectivity index (χ4n) is 8.81. The molecule has 5 aromatic rings. The van der Waals surface area contributed by atoms with Crippen LogP contribution in [0.15, 0.2) is 63.8 Å². The molecule has 2 aliphatic heterocycles. The van der Waals surface area contributed by atoms with Gasteiger partial charge in [-0.3, -0.25) is 19.2 Å². The summed E-state index contributed by atoms with van der Waals surface area (Å²) in [4.78, 5) is 79.3. The summed E-state index contributed by atoms with van der Waals surface area (Å²) >= 11 is 0. The van der Waals surface area contributed by atoms with Crippen LogP contribution in [0.25, 0.3) is 11.0 Å². The number of methoxy groups -OCH3 is 2. The maximum atomic E-state index is 16.2. The van der Waals surface area contributed by atoms with Gasteiger partial charge in [-0.15, -0.1) is 0 Å². The number of anilines is 1. The van der Waals surface area contributed by atoms with Gasteiger partial charge in [-0.2, -0.15) is 52.0 Å². The van der Waals surface area contributed by atoms with Gasteiger partial charge in [0.25, 0.3) is 11.8 Å². The van der Waals surface area contributed by atoms with Crippen molar-refractivity contribution in [3.05, 3.63) is 122 Å². The summed E-state index contributed by atoms with van der Waals surface area (Å²) in [6, 6.07) is 7.37. The molecule has 32 heteroatoms. The first-order valence-corrected chi connectivity index (χ1v) is 25.4. The van der Waals surface area contributed by atoms with Crippen LogP contribution in [0.2, 0.25) is 0 Å². The second-order valence-corrected chi connectivity index (χ2v) is 20.5. The molecule has 0 saturated heterocycles. The number of rotatable bonds is 15. The van der Waals surface area contributed by atoms with Crippen LogP contribution in [0.4, 0.5) is 49.6 Å². The molecule has 422 valence electrons. The Balaban J connectivity index is 1.02. The third-order valence-electron chi connectivity index (χ3n) is 12.7. The molecule has 0 bridgehead atoms. The summed E-state index contributed by atoms with van der Waals surface area (Å²) in [6.45, 7) is 0.265. The molecule has 3 aliphatic rings. The molecule has 1 aliphatic carbocycles. The summed E-state index contributed by atoms with van der Waals surface area (Å²) in [5.74, 6) is -22.3. The summed E-state index contributed by atoms with van der Waals surface area (Å²) < 4.78 is 223. The van der Waals surface area contributed by atoms with Crippen molar-refractivity contribution in [2.24, 2.45) is 0 Å². The van der Waals surface area contributed by atoms with Gasteiger partial charge in [0, 0.05) is 53.4 Å². The van der Waals surface area contributed by atoms with Gasteiger partial charge in [0.1, 0.15) is 11.1 Å². The molecule has 0 unspecified atom stereocenters. The highest BCUT2D eigenvalue weighted by Gasteiger charge is 2.58. The van der Waals surface area contributed by atoms with Crippen molar-refractivity contribution >= 4 is 66.6 Å². The number of benzene rings is 4. The molecule has 1 aromatic heterocycles. The number of hydrogen-bond acceptors (Lipinski definition) is 18. The number of amides is 2. The number of nitrogens with one attached hydrogen (secondary N) is 2. The minimum absolute atomic E-state index is 0.0322. The number of esters is 3. The van der Waals surface area contributed by atoms with Crippen LogP contribution in [0.1, 0.15) is 86.3 Å². The first kappa shape index (κ1) is 57.0. The molecule has 2 amide bonds. The van der Waals surface area contributed by atoms with Gasteiger partial charge in [0.2, 0.25) is 23.1 Å². The number of hydrogen-bond donors (Lipinski definition) is 2. The maximum Gasteiger partial charge on any atom is 0.534 e. The molecule has 0 atom stereocenters. The third-order valence-corrected chi connectivity index (χ3v) is 14.6. The van der Waals surface area contributed by atoms with Crippen molar-refractivity contribution < 1.29 is 116 Å². The van der Waals surface area contributed by atoms with Crippen molar-refractivity contribution in [3.8, 4) is 23.0 Å². The summed E-state index contributed by atoms with van der Waals surface area (Å²) in [7, 11) is -11.4. The summed E-state index contributed by atoms with van der Waals surface area (Å²) in [5.41, 5.74) is -20.8. The van der Waals surface area contributed by atoms with Crippen molar-refractivity contribution in [1.82, 2.24) is 10.6 Å². The van der Waals surface area contributed by atoms with E-state index in [2.05, 4.69) is 19.0 Å². The molecule has 1 spiro atoms. The smallest absolute Gasteiger partial charge is 0.469 e. The predicted molar refractivity (Wildman–Crippen MR) is 245 cm³/mol. The lowest BCUT2D eigenvalue weighted by Gasteiger charge is -2.37. The fraction of sp³-hybridized carbons (Fsp3) is 0.319. The Morgan fingerprint density at radius 1 is 0.671 bits per heavy atom. The van der Waals surface area contributed by atoms with Crippen LogP contribution < -0.4 is 34.3 Å². The van der Waals surface area contributed by atoms with Gasteiger partial charge in [0.05, 0.1) is 43.8 Å². The van der Waals surface area contributed by atoms with E-state index in [1.54, 1.807) is 17.0 Å². The van der Waals surface area contributed by atoms with Crippen LogP contribution in [0.5, 0.6) is 23.0 Å². The highest BCUT2D eigenvalue weighted by atomic mass is 32.2. The van der Waals surface area contributed by atoms with E-state index in [-0.39, 0.29) is 80.5 Å². The number of halogens is 10. The minimum Gasteiger partial charge on any atom is -0.469 e. The van der Waals surface area contributed by atoms with E-state index in [9.17, 15) is 71.9 Å². The molecule has 4 aromatic carbocycles. The monoisotopic (exact) mass is 1170 g/mol. The summed E-state index contributed by atoms with van der Waals surface area (Å²) in [6.07, 6.45) is 0.806.